The van der Waals surface area contributed by atoms with E-state index in [9.17, 15) is 4.79 Å². The molecule has 16 heavy (non-hydrogen) atoms. The van der Waals surface area contributed by atoms with Crippen molar-refractivity contribution in [1.82, 2.24) is 0 Å². The van der Waals surface area contributed by atoms with Crippen LogP contribution < -0.4 is 11.5 Å². The van der Waals surface area contributed by atoms with Crippen molar-refractivity contribution in [2.45, 2.75) is 13.3 Å². The Balaban J connectivity index is 2.78. The Morgan fingerprint density at radius 2 is 2.12 bits per heavy atom. The number of aryl methyl sites for hydroxylation is 1. The average molecular weight is 220 g/mol. The lowest BCUT2D eigenvalue weighted by molar-refractivity contribution is -0.139. The second kappa shape index (κ2) is 5.21. The van der Waals surface area contributed by atoms with Crippen molar-refractivity contribution >= 4 is 23.4 Å². The van der Waals surface area contributed by atoms with Gasteiger partial charge in [0.25, 0.3) is 0 Å². The number of nitrogen functional groups attached to an aromatic ring is 2. The van der Waals surface area contributed by atoms with E-state index in [0.717, 1.165) is 11.1 Å². The Morgan fingerprint density at radius 3 is 2.69 bits per heavy atom. The molecule has 0 aliphatic rings. The molecule has 0 aromatic heterocycles. The molecule has 0 aliphatic carbocycles. The van der Waals surface area contributed by atoms with Crippen LogP contribution in [0, 0.1) is 6.92 Å². The number of nitrogens with two attached hydrogens (primary N) is 2. The van der Waals surface area contributed by atoms with Crippen LogP contribution in [0.3, 0.4) is 0 Å². The molecule has 0 spiro atoms. The molecule has 0 heterocycles. The summed E-state index contributed by atoms with van der Waals surface area (Å²) in [7, 11) is 1.36. The Bertz CT molecular complexity index is 402. The maximum Gasteiger partial charge on any atom is 0.309 e. The van der Waals surface area contributed by atoms with Gasteiger partial charge in [-0.15, -0.1) is 0 Å². The van der Waals surface area contributed by atoms with Crippen molar-refractivity contribution < 1.29 is 9.53 Å². The van der Waals surface area contributed by atoms with Gasteiger partial charge in [-0.25, -0.2) is 0 Å². The molecule has 1 aromatic carbocycles. The van der Waals surface area contributed by atoms with Crippen molar-refractivity contribution in [3.63, 3.8) is 0 Å². The van der Waals surface area contributed by atoms with Gasteiger partial charge in [0.1, 0.15) is 0 Å². The molecule has 0 aliphatic heterocycles. The quantitative estimate of drug-likeness (QED) is 0.600. The van der Waals surface area contributed by atoms with E-state index in [1.807, 2.05) is 19.1 Å². The van der Waals surface area contributed by atoms with Gasteiger partial charge in [-0.1, -0.05) is 12.2 Å². The van der Waals surface area contributed by atoms with Crippen LogP contribution in [0.25, 0.3) is 6.08 Å². The van der Waals surface area contributed by atoms with Crippen LogP contribution in [-0.4, -0.2) is 13.1 Å². The van der Waals surface area contributed by atoms with E-state index in [-0.39, 0.29) is 12.4 Å². The third-order valence-electron chi connectivity index (χ3n) is 2.26. The fourth-order valence-corrected chi connectivity index (χ4v) is 1.33. The van der Waals surface area contributed by atoms with Crippen molar-refractivity contribution in [2.75, 3.05) is 18.6 Å². The van der Waals surface area contributed by atoms with Crippen LogP contribution >= 0.6 is 0 Å². The topological polar surface area (TPSA) is 78.3 Å². The summed E-state index contributed by atoms with van der Waals surface area (Å²) in [6.45, 7) is 1.89. The van der Waals surface area contributed by atoms with Crippen molar-refractivity contribution in [2.24, 2.45) is 0 Å². The number of carbonyl (C=O) groups is 1. The summed E-state index contributed by atoms with van der Waals surface area (Å²) < 4.78 is 4.52. The lowest BCUT2D eigenvalue weighted by Crippen LogP contribution is -1.98. The van der Waals surface area contributed by atoms with Gasteiger partial charge < -0.3 is 16.2 Å². The van der Waals surface area contributed by atoms with Crippen molar-refractivity contribution in [1.29, 1.82) is 0 Å². The third-order valence-corrected chi connectivity index (χ3v) is 2.26. The summed E-state index contributed by atoms with van der Waals surface area (Å²) in [5, 5.41) is 0. The first-order valence-electron chi connectivity index (χ1n) is 4.93. The molecular weight excluding hydrogens is 204 g/mol. The molecule has 0 amide bonds. The molecule has 0 unspecified atom stereocenters. The highest BCUT2D eigenvalue weighted by Crippen LogP contribution is 2.22. The van der Waals surface area contributed by atoms with E-state index in [2.05, 4.69) is 4.74 Å². The predicted molar refractivity (Wildman–Crippen MR) is 65.7 cm³/mol. The number of hydrogen-bond donors (Lipinski definition) is 2. The van der Waals surface area contributed by atoms with Gasteiger partial charge >= 0.3 is 5.97 Å². The summed E-state index contributed by atoms with van der Waals surface area (Å²) in [5.41, 5.74) is 14.5. The zero-order valence-electron chi connectivity index (χ0n) is 9.49. The van der Waals surface area contributed by atoms with Crippen LogP contribution in [0.4, 0.5) is 11.4 Å². The minimum Gasteiger partial charge on any atom is -0.469 e. The first-order valence-corrected chi connectivity index (χ1v) is 4.93. The minimum atomic E-state index is -0.267. The zero-order chi connectivity index (χ0) is 12.1. The first-order chi connectivity index (χ1) is 7.54. The molecule has 4 nitrogen and oxygen atoms in total. The molecule has 1 aromatic rings. The Hall–Kier alpha value is -1.97. The number of carbonyl (C=O) groups excluding carboxylic acids is 1. The Morgan fingerprint density at radius 1 is 1.44 bits per heavy atom. The van der Waals surface area contributed by atoms with E-state index in [0.29, 0.717) is 11.4 Å². The molecule has 0 bridgehead atoms. The number of hydrogen-bond acceptors (Lipinski definition) is 4. The molecule has 0 radical (unpaired) electrons. The number of methoxy groups -OCH3 is 1. The van der Waals surface area contributed by atoms with E-state index in [1.165, 1.54) is 7.11 Å². The van der Waals surface area contributed by atoms with E-state index < -0.39 is 0 Å². The number of esters is 1. The maximum absolute atomic E-state index is 10.9. The second-order valence-electron chi connectivity index (χ2n) is 3.52. The van der Waals surface area contributed by atoms with Gasteiger partial charge in [0.15, 0.2) is 0 Å². The standard InChI is InChI=1S/C12H16N2O2/c1-8-6-9(7-10(13)12(8)14)4-3-5-11(15)16-2/h3-4,6-7H,5,13-14H2,1-2H3. The predicted octanol–water partition coefficient (Wildman–Crippen LogP) is 1.74. The lowest BCUT2D eigenvalue weighted by Gasteiger charge is -2.05. The number of ether oxygens (including phenoxy) is 1. The molecule has 0 atom stereocenters. The van der Waals surface area contributed by atoms with E-state index >= 15 is 0 Å². The molecule has 0 saturated heterocycles. The molecule has 4 N–H and O–H groups in total. The zero-order valence-corrected chi connectivity index (χ0v) is 9.49. The fraction of sp³-hybridized carbons (Fsp3) is 0.250. The number of benzene rings is 1. The highest BCUT2D eigenvalue weighted by Gasteiger charge is 2.00. The molecular formula is C12H16N2O2. The van der Waals surface area contributed by atoms with Gasteiger partial charge in [-0.05, 0) is 30.2 Å². The van der Waals surface area contributed by atoms with E-state index in [4.69, 9.17) is 11.5 Å². The Kier molecular flexibility index (Phi) is 3.94. The molecule has 1 rings (SSSR count). The van der Waals surface area contributed by atoms with Gasteiger partial charge in [0, 0.05) is 0 Å². The molecule has 0 saturated carbocycles. The summed E-state index contributed by atoms with van der Waals surface area (Å²) in [6, 6.07) is 3.69. The van der Waals surface area contributed by atoms with Crippen LogP contribution in [0.15, 0.2) is 18.2 Å². The highest BCUT2D eigenvalue weighted by molar-refractivity contribution is 5.74. The summed E-state index contributed by atoms with van der Waals surface area (Å²) in [6.07, 6.45) is 3.80. The summed E-state index contributed by atoms with van der Waals surface area (Å²) in [5.74, 6) is -0.267. The summed E-state index contributed by atoms with van der Waals surface area (Å²) in [4.78, 5) is 10.9. The summed E-state index contributed by atoms with van der Waals surface area (Å²) >= 11 is 0. The SMILES string of the molecule is COC(=O)CC=Cc1cc(C)c(N)c(N)c1. The highest BCUT2D eigenvalue weighted by atomic mass is 16.5. The van der Waals surface area contributed by atoms with Crippen LogP contribution in [-0.2, 0) is 9.53 Å². The number of rotatable bonds is 3. The molecule has 4 heteroatoms. The Labute approximate surface area is 94.9 Å². The third kappa shape index (κ3) is 3.02. The average Bonchev–Trinajstić information content (AvgIpc) is 2.25. The van der Waals surface area contributed by atoms with Crippen molar-refractivity contribution in [3.05, 3.63) is 29.3 Å². The van der Waals surface area contributed by atoms with Crippen molar-refractivity contribution in [3.8, 4) is 0 Å². The largest absolute Gasteiger partial charge is 0.469 e. The molecule has 0 fully saturated rings. The van der Waals surface area contributed by atoms with Crippen LogP contribution in [0.1, 0.15) is 17.5 Å². The fourth-order valence-electron chi connectivity index (χ4n) is 1.33. The van der Waals surface area contributed by atoms with Gasteiger partial charge in [0.2, 0.25) is 0 Å². The van der Waals surface area contributed by atoms with Crippen LogP contribution in [0.2, 0.25) is 0 Å². The van der Waals surface area contributed by atoms with Gasteiger partial charge in [-0.3, -0.25) is 4.79 Å². The maximum atomic E-state index is 10.9. The van der Waals surface area contributed by atoms with E-state index in [1.54, 1.807) is 12.1 Å². The smallest absolute Gasteiger partial charge is 0.309 e. The minimum absolute atomic E-state index is 0.250. The first kappa shape index (κ1) is 12.1. The number of anilines is 2. The molecule has 86 valence electrons. The van der Waals surface area contributed by atoms with Crippen LogP contribution in [0.5, 0.6) is 0 Å². The second-order valence-corrected chi connectivity index (χ2v) is 3.52. The monoisotopic (exact) mass is 220 g/mol. The lowest BCUT2D eigenvalue weighted by atomic mass is 10.1. The van der Waals surface area contributed by atoms with Gasteiger partial charge in [0.05, 0.1) is 24.9 Å². The van der Waals surface area contributed by atoms with Gasteiger partial charge in [-0.2, -0.15) is 0 Å². The normalized spacial score (nSPS) is 10.6.